The van der Waals surface area contributed by atoms with Gasteiger partial charge in [0.25, 0.3) is 5.91 Å². The summed E-state index contributed by atoms with van der Waals surface area (Å²) in [4.78, 5) is 23.1. The molecule has 0 radical (unpaired) electrons. The maximum atomic E-state index is 13.1. The van der Waals surface area contributed by atoms with Gasteiger partial charge in [0.15, 0.2) is 0 Å². The smallest absolute Gasteiger partial charge is 0.251 e. The molecule has 0 aliphatic rings. The molecule has 2 rings (SSSR count). The van der Waals surface area contributed by atoms with Crippen molar-refractivity contribution in [3.63, 3.8) is 0 Å². The molecular weight excluding hydrogens is 319 g/mol. The van der Waals surface area contributed by atoms with Crippen LogP contribution in [0, 0.1) is 5.82 Å². The maximum Gasteiger partial charge on any atom is 0.251 e. The molecule has 0 bridgehead atoms. The molecule has 0 saturated carbocycles. The molecule has 0 aromatic heterocycles. The van der Waals surface area contributed by atoms with E-state index < -0.39 is 5.82 Å². The predicted molar refractivity (Wildman–Crippen MR) is 88.2 cm³/mol. The van der Waals surface area contributed by atoms with E-state index in [-0.39, 0.29) is 16.8 Å². The lowest BCUT2D eigenvalue weighted by molar-refractivity contribution is -0.114. The van der Waals surface area contributed by atoms with Crippen molar-refractivity contribution in [2.45, 2.75) is 13.3 Å². The summed E-state index contributed by atoms with van der Waals surface area (Å²) in [6.07, 6.45) is 0.539. The van der Waals surface area contributed by atoms with Crippen LogP contribution in [-0.2, 0) is 11.2 Å². The van der Waals surface area contributed by atoms with Crippen LogP contribution >= 0.6 is 11.6 Å². The maximum absolute atomic E-state index is 13.1. The Hall–Kier alpha value is -2.40. The average molecular weight is 335 g/mol. The zero-order valence-electron chi connectivity index (χ0n) is 12.5. The molecular formula is C17H16ClFN2O2. The van der Waals surface area contributed by atoms with Gasteiger partial charge in [0.2, 0.25) is 5.91 Å². The van der Waals surface area contributed by atoms with Crippen LogP contribution in [0.15, 0.2) is 42.5 Å². The Bertz CT molecular complexity index is 734. The minimum absolute atomic E-state index is 0.0665. The summed E-state index contributed by atoms with van der Waals surface area (Å²) >= 11 is 5.71. The van der Waals surface area contributed by atoms with Crippen LogP contribution in [0.25, 0.3) is 0 Å². The molecule has 6 heteroatoms. The molecule has 0 unspecified atom stereocenters. The van der Waals surface area contributed by atoms with Gasteiger partial charge in [0.05, 0.1) is 5.02 Å². The number of benzene rings is 2. The topological polar surface area (TPSA) is 58.2 Å². The average Bonchev–Trinajstić information content (AvgIpc) is 2.50. The molecule has 0 fully saturated rings. The van der Waals surface area contributed by atoms with Gasteiger partial charge in [-0.05, 0) is 42.3 Å². The lowest BCUT2D eigenvalue weighted by atomic mass is 10.1. The Kier molecular flexibility index (Phi) is 5.71. The fourth-order valence-corrected chi connectivity index (χ4v) is 2.26. The van der Waals surface area contributed by atoms with Gasteiger partial charge in [-0.25, -0.2) is 4.39 Å². The molecule has 2 aromatic carbocycles. The Morgan fingerprint density at radius 2 is 1.96 bits per heavy atom. The van der Waals surface area contributed by atoms with Crippen LogP contribution in [-0.4, -0.2) is 18.4 Å². The highest BCUT2D eigenvalue weighted by Crippen LogP contribution is 2.16. The predicted octanol–water partition coefficient (Wildman–Crippen LogP) is 3.41. The van der Waals surface area contributed by atoms with Crippen LogP contribution in [0.4, 0.5) is 10.1 Å². The summed E-state index contributed by atoms with van der Waals surface area (Å²) in [5, 5.41) is 5.46. The quantitative estimate of drug-likeness (QED) is 0.880. The van der Waals surface area contributed by atoms with Gasteiger partial charge in [-0.15, -0.1) is 0 Å². The minimum Gasteiger partial charge on any atom is -0.352 e. The number of hydrogen-bond acceptors (Lipinski definition) is 2. The summed E-state index contributed by atoms with van der Waals surface area (Å²) in [5.41, 5.74) is 1.85. The van der Waals surface area contributed by atoms with E-state index in [0.717, 1.165) is 5.56 Å². The zero-order valence-corrected chi connectivity index (χ0v) is 13.3. The number of nitrogens with one attached hydrogen (secondary N) is 2. The fraction of sp³-hybridized carbons (Fsp3) is 0.176. The number of halogens is 2. The molecule has 4 nitrogen and oxygen atoms in total. The van der Waals surface area contributed by atoms with Crippen LogP contribution in [0.5, 0.6) is 0 Å². The lowest BCUT2D eigenvalue weighted by Crippen LogP contribution is -2.25. The van der Waals surface area contributed by atoms with Crippen molar-refractivity contribution < 1.29 is 14.0 Å². The minimum atomic E-state index is -0.464. The van der Waals surface area contributed by atoms with Crippen molar-refractivity contribution in [1.82, 2.24) is 5.32 Å². The molecule has 120 valence electrons. The Morgan fingerprint density at radius 1 is 1.17 bits per heavy atom. The van der Waals surface area contributed by atoms with E-state index in [2.05, 4.69) is 10.6 Å². The van der Waals surface area contributed by atoms with Gasteiger partial charge in [0, 0.05) is 24.7 Å². The first-order chi connectivity index (χ1) is 11.0. The van der Waals surface area contributed by atoms with Crippen LogP contribution < -0.4 is 10.6 Å². The highest BCUT2D eigenvalue weighted by atomic mass is 35.5. The monoisotopic (exact) mass is 334 g/mol. The number of carbonyl (C=O) groups is 2. The van der Waals surface area contributed by atoms with Crippen molar-refractivity contribution in [3.8, 4) is 0 Å². The first kappa shape index (κ1) is 17.0. The molecule has 0 heterocycles. The molecule has 23 heavy (non-hydrogen) atoms. The standard InChI is InChI=1S/C17H16ClFN2O2/c1-11(22)21-14-4-2-3-13(10-14)17(23)20-8-7-12-5-6-16(19)15(18)9-12/h2-6,9-10H,7-8H2,1H3,(H,20,23)(H,21,22). The van der Waals surface area contributed by atoms with E-state index in [1.807, 2.05) is 0 Å². The normalized spacial score (nSPS) is 10.2. The molecule has 2 N–H and O–H groups in total. The highest BCUT2D eigenvalue weighted by Gasteiger charge is 2.07. The summed E-state index contributed by atoms with van der Waals surface area (Å²) < 4.78 is 13.1. The van der Waals surface area contributed by atoms with Gasteiger partial charge in [-0.2, -0.15) is 0 Å². The second-order valence-electron chi connectivity index (χ2n) is 5.02. The Balaban J connectivity index is 1.91. The van der Waals surface area contributed by atoms with Crippen LogP contribution in [0.3, 0.4) is 0 Å². The summed E-state index contributed by atoms with van der Waals surface area (Å²) in [7, 11) is 0. The van der Waals surface area contributed by atoms with Gasteiger partial charge in [-0.3, -0.25) is 9.59 Å². The lowest BCUT2D eigenvalue weighted by Gasteiger charge is -2.08. The van der Waals surface area contributed by atoms with Gasteiger partial charge in [-0.1, -0.05) is 23.7 Å². The van der Waals surface area contributed by atoms with Crippen molar-refractivity contribution >= 4 is 29.1 Å². The summed E-state index contributed by atoms with van der Waals surface area (Å²) in [5.74, 6) is -0.907. The Labute approximate surface area is 138 Å². The van der Waals surface area contributed by atoms with Gasteiger partial charge in [0.1, 0.15) is 5.82 Å². The third-order valence-electron chi connectivity index (χ3n) is 3.13. The first-order valence-electron chi connectivity index (χ1n) is 7.05. The van der Waals surface area contributed by atoms with E-state index in [1.54, 1.807) is 36.4 Å². The van der Waals surface area contributed by atoms with Gasteiger partial charge < -0.3 is 10.6 Å². The molecule has 0 aliphatic heterocycles. The molecule has 2 amide bonds. The fourth-order valence-electron chi connectivity index (χ4n) is 2.06. The molecule has 0 saturated heterocycles. The van der Waals surface area contributed by atoms with Crippen molar-refractivity contribution in [2.24, 2.45) is 0 Å². The third-order valence-corrected chi connectivity index (χ3v) is 3.42. The van der Waals surface area contributed by atoms with Crippen molar-refractivity contribution in [1.29, 1.82) is 0 Å². The van der Waals surface area contributed by atoms with E-state index in [1.165, 1.54) is 13.0 Å². The molecule has 0 spiro atoms. The number of amides is 2. The number of rotatable bonds is 5. The van der Waals surface area contributed by atoms with Gasteiger partial charge >= 0.3 is 0 Å². The number of carbonyl (C=O) groups excluding carboxylic acids is 2. The van der Waals surface area contributed by atoms with Crippen LogP contribution in [0.2, 0.25) is 5.02 Å². The van der Waals surface area contributed by atoms with E-state index in [9.17, 15) is 14.0 Å². The summed E-state index contributed by atoms with van der Waals surface area (Å²) in [6, 6.07) is 11.1. The van der Waals surface area contributed by atoms with Crippen molar-refractivity contribution in [2.75, 3.05) is 11.9 Å². The van der Waals surface area contributed by atoms with E-state index in [4.69, 9.17) is 11.6 Å². The number of anilines is 1. The second kappa shape index (κ2) is 7.74. The largest absolute Gasteiger partial charge is 0.352 e. The van der Waals surface area contributed by atoms with Crippen LogP contribution in [0.1, 0.15) is 22.8 Å². The molecule has 0 aliphatic carbocycles. The SMILES string of the molecule is CC(=O)Nc1cccc(C(=O)NCCc2ccc(F)c(Cl)c2)c1. The zero-order chi connectivity index (χ0) is 16.8. The first-order valence-corrected chi connectivity index (χ1v) is 7.43. The third kappa shape index (κ3) is 5.07. The molecule has 2 aromatic rings. The highest BCUT2D eigenvalue weighted by molar-refractivity contribution is 6.30. The summed E-state index contributed by atoms with van der Waals surface area (Å²) in [6.45, 7) is 1.80. The van der Waals surface area contributed by atoms with E-state index >= 15 is 0 Å². The van der Waals surface area contributed by atoms with Crippen molar-refractivity contribution in [3.05, 3.63) is 64.4 Å². The second-order valence-corrected chi connectivity index (χ2v) is 5.42. The Morgan fingerprint density at radius 3 is 2.65 bits per heavy atom. The molecule has 0 atom stereocenters. The van der Waals surface area contributed by atoms with E-state index in [0.29, 0.717) is 24.2 Å². The number of hydrogen-bond donors (Lipinski definition) is 2.